The van der Waals surface area contributed by atoms with Gasteiger partial charge in [-0.15, -0.1) is 0 Å². The van der Waals surface area contributed by atoms with Crippen molar-refractivity contribution in [2.45, 2.75) is 25.0 Å². The molecular formula is C16H21NO6. The van der Waals surface area contributed by atoms with Crippen molar-refractivity contribution in [3.05, 3.63) is 29.8 Å². The number of carboxylic acid groups (broad SMARTS) is 1. The molecule has 2 unspecified atom stereocenters. The number of carbonyl (C=O) groups is 2. The van der Waals surface area contributed by atoms with Gasteiger partial charge in [0.05, 0.1) is 12.7 Å². The molecule has 7 heteroatoms. The van der Waals surface area contributed by atoms with Crippen LogP contribution in [-0.4, -0.2) is 56.1 Å². The van der Waals surface area contributed by atoms with E-state index in [1.54, 1.807) is 24.3 Å². The van der Waals surface area contributed by atoms with E-state index < -0.39 is 17.9 Å². The van der Waals surface area contributed by atoms with Gasteiger partial charge in [-0.2, -0.15) is 0 Å². The Balaban J connectivity index is 1.94. The van der Waals surface area contributed by atoms with Crippen LogP contribution in [0.5, 0.6) is 5.75 Å². The number of benzene rings is 1. The Kier molecular flexibility index (Phi) is 6.37. The van der Waals surface area contributed by atoms with Gasteiger partial charge in [0, 0.05) is 19.3 Å². The molecule has 2 N–H and O–H groups in total. The molecule has 1 heterocycles. The first-order valence-corrected chi connectivity index (χ1v) is 7.47. The molecular weight excluding hydrogens is 302 g/mol. The van der Waals surface area contributed by atoms with Gasteiger partial charge in [0.15, 0.2) is 6.04 Å². The maximum absolute atomic E-state index is 12.1. The fourth-order valence-corrected chi connectivity index (χ4v) is 2.28. The quantitative estimate of drug-likeness (QED) is 0.743. The maximum atomic E-state index is 12.1. The van der Waals surface area contributed by atoms with Crippen molar-refractivity contribution in [1.29, 1.82) is 0 Å². The Morgan fingerprint density at radius 3 is 2.96 bits per heavy atom. The number of amides is 1. The molecule has 23 heavy (non-hydrogen) atoms. The smallest absolute Gasteiger partial charge is 0.328 e. The lowest BCUT2D eigenvalue weighted by molar-refractivity contribution is -0.140. The van der Waals surface area contributed by atoms with Gasteiger partial charge in [0.25, 0.3) is 5.91 Å². The average Bonchev–Trinajstić information content (AvgIpc) is 3.06. The number of ether oxygens (including phenoxy) is 3. The highest BCUT2D eigenvalue weighted by Gasteiger charge is 2.21. The van der Waals surface area contributed by atoms with Crippen LogP contribution in [0.4, 0.5) is 0 Å². The highest BCUT2D eigenvalue weighted by molar-refractivity contribution is 5.96. The molecule has 126 valence electrons. The fourth-order valence-electron chi connectivity index (χ4n) is 2.28. The van der Waals surface area contributed by atoms with E-state index in [4.69, 9.17) is 19.3 Å². The predicted octanol–water partition coefficient (Wildman–Crippen LogP) is 1.07. The van der Waals surface area contributed by atoms with Crippen molar-refractivity contribution in [1.82, 2.24) is 5.32 Å². The number of aliphatic carboxylic acids is 1. The molecule has 1 aliphatic rings. The van der Waals surface area contributed by atoms with Crippen molar-refractivity contribution in [3.8, 4) is 5.75 Å². The molecule has 2 rings (SSSR count). The molecule has 0 aromatic heterocycles. The monoisotopic (exact) mass is 323 g/mol. The Hall–Kier alpha value is -2.12. The van der Waals surface area contributed by atoms with Crippen molar-refractivity contribution in [2.24, 2.45) is 0 Å². The average molecular weight is 323 g/mol. The number of carbonyl (C=O) groups excluding carboxylic acids is 1. The summed E-state index contributed by atoms with van der Waals surface area (Å²) in [5, 5.41) is 11.4. The normalized spacial score (nSPS) is 18.4. The molecule has 2 atom stereocenters. The van der Waals surface area contributed by atoms with Crippen LogP contribution in [0.3, 0.4) is 0 Å². The summed E-state index contributed by atoms with van der Waals surface area (Å²) in [6.45, 7) is 1.09. The number of carboxylic acids is 1. The second-order valence-corrected chi connectivity index (χ2v) is 5.29. The Bertz CT molecular complexity index is 541. The Labute approximate surface area is 134 Å². The molecule has 0 spiro atoms. The summed E-state index contributed by atoms with van der Waals surface area (Å²) >= 11 is 0. The van der Waals surface area contributed by atoms with Gasteiger partial charge in [0.2, 0.25) is 0 Å². The zero-order valence-corrected chi connectivity index (χ0v) is 13.0. The number of hydrogen-bond donors (Lipinski definition) is 2. The maximum Gasteiger partial charge on any atom is 0.328 e. The van der Waals surface area contributed by atoms with E-state index in [0.717, 1.165) is 19.4 Å². The number of methoxy groups -OCH3 is 1. The van der Waals surface area contributed by atoms with Gasteiger partial charge in [0.1, 0.15) is 12.4 Å². The first-order chi connectivity index (χ1) is 11.1. The lowest BCUT2D eigenvalue weighted by atomic mass is 10.2. The molecule has 1 aromatic rings. The predicted molar refractivity (Wildman–Crippen MR) is 81.7 cm³/mol. The summed E-state index contributed by atoms with van der Waals surface area (Å²) in [7, 11) is 1.38. The van der Waals surface area contributed by atoms with E-state index in [2.05, 4.69) is 5.32 Å². The van der Waals surface area contributed by atoms with E-state index in [-0.39, 0.29) is 12.7 Å². The minimum Gasteiger partial charge on any atom is -0.491 e. The first kappa shape index (κ1) is 17.2. The molecule has 1 fully saturated rings. The minimum atomic E-state index is -1.15. The van der Waals surface area contributed by atoms with Crippen LogP contribution < -0.4 is 10.1 Å². The second kappa shape index (κ2) is 8.50. The van der Waals surface area contributed by atoms with Crippen molar-refractivity contribution >= 4 is 11.9 Å². The van der Waals surface area contributed by atoms with Crippen LogP contribution in [0.2, 0.25) is 0 Å². The van der Waals surface area contributed by atoms with E-state index in [0.29, 0.717) is 17.9 Å². The van der Waals surface area contributed by atoms with Crippen LogP contribution in [0, 0.1) is 0 Å². The largest absolute Gasteiger partial charge is 0.491 e. The van der Waals surface area contributed by atoms with E-state index >= 15 is 0 Å². The van der Waals surface area contributed by atoms with Gasteiger partial charge in [-0.25, -0.2) is 4.79 Å². The van der Waals surface area contributed by atoms with Crippen LogP contribution in [0.15, 0.2) is 24.3 Å². The summed E-state index contributed by atoms with van der Waals surface area (Å²) in [6.07, 6.45) is 2.09. The number of nitrogens with one attached hydrogen (secondary N) is 1. The molecule has 1 aliphatic heterocycles. The lowest BCUT2D eigenvalue weighted by Crippen LogP contribution is -2.43. The number of hydrogen-bond acceptors (Lipinski definition) is 5. The highest BCUT2D eigenvalue weighted by atomic mass is 16.5. The van der Waals surface area contributed by atoms with Crippen LogP contribution in [0.1, 0.15) is 23.2 Å². The fraction of sp³-hybridized carbons (Fsp3) is 0.500. The molecule has 7 nitrogen and oxygen atoms in total. The zero-order chi connectivity index (χ0) is 16.7. The molecule has 1 saturated heterocycles. The zero-order valence-electron chi connectivity index (χ0n) is 13.0. The second-order valence-electron chi connectivity index (χ2n) is 5.29. The van der Waals surface area contributed by atoms with Gasteiger partial charge >= 0.3 is 5.97 Å². The van der Waals surface area contributed by atoms with Crippen molar-refractivity contribution in [3.63, 3.8) is 0 Å². The SMILES string of the molecule is COCC(NC(=O)c1cccc(OCC2CCCO2)c1)C(=O)O. The summed E-state index contributed by atoms with van der Waals surface area (Å²) in [6, 6.07) is 5.51. The van der Waals surface area contributed by atoms with E-state index in [1.165, 1.54) is 7.11 Å². The van der Waals surface area contributed by atoms with E-state index in [9.17, 15) is 9.59 Å². The molecule has 0 bridgehead atoms. The highest BCUT2D eigenvalue weighted by Crippen LogP contribution is 2.17. The summed E-state index contributed by atoms with van der Waals surface area (Å²) < 4.78 is 15.9. The Morgan fingerprint density at radius 1 is 1.48 bits per heavy atom. The van der Waals surface area contributed by atoms with Crippen LogP contribution >= 0.6 is 0 Å². The van der Waals surface area contributed by atoms with Gasteiger partial charge in [-0.1, -0.05) is 6.07 Å². The Morgan fingerprint density at radius 2 is 2.30 bits per heavy atom. The molecule has 0 saturated carbocycles. The third-order valence-corrected chi connectivity index (χ3v) is 3.49. The van der Waals surface area contributed by atoms with E-state index in [1.807, 2.05) is 0 Å². The summed E-state index contributed by atoms with van der Waals surface area (Å²) in [5.41, 5.74) is 0.331. The van der Waals surface area contributed by atoms with Crippen molar-refractivity contribution < 1.29 is 28.9 Å². The summed E-state index contributed by atoms with van der Waals surface area (Å²) in [4.78, 5) is 23.2. The van der Waals surface area contributed by atoms with Gasteiger partial charge < -0.3 is 24.6 Å². The van der Waals surface area contributed by atoms with Crippen molar-refractivity contribution in [2.75, 3.05) is 26.9 Å². The van der Waals surface area contributed by atoms with Gasteiger partial charge in [-0.05, 0) is 31.0 Å². The third kappa shape index (κ3) is 5.22. The van der Waals surface area contributed by atoms with Crippen LogP contribution in [0.25, 0.3) is 0 Å². The minimum absolute atomic E-state index is 0.0885. The standard InChI is InChI=1S/C16H21NO6/c1-21-10-14(16(19)20)17-15(18)11-4-2-5-12(8-11)23-9-13-6-3-7-22-13/h2,4-5,8,13-14H,3,6-7,9-10H2,1H3,(H,17,18)(H,19,20). The number of rotatable bonds is 8. The summed E-state index contributed by atoms with van der Waals surface area (Å²) in [5.74, 6) is -1.09. The van der Waals surface area contributed by atoms with Gasteiger partial charge in [-0.3, -0.25) is 4.79 Å². The molecule has 1 aromatic carbocycles. The molecule has 0 aliphatic carbocycles. The third-order valence-electron chi connectivity index (χ3n) is 3.49. The van der Waals surface area contributed by atoms with Crippen LogP contribution in [-0.2, 0) is 14.3 Å². The molecule has 1 amide bonds. The molecule has 0 radical (unpaired) electrons. The lowest BCUT2D eigenvalue weighted by Gasteiger charge is -2.15. The first-order valence-electron chi connectivity index (χ1n) is 7.47. The topological polar surface area (TPSA) is 94.1 Å².